The summed E-state index contributed by atoms with van der Waals surface area (Å²) in [5.41, 5.74) is 3.22. The highest BCUT2D eigenvalue weighted by atomic mass is 16.4. The molecule has 1 aliphatic carbocycles. The SMILES string of the molecule is Cc1c(C2CCC(Cc3ccccc3)(N(C)C)CC2)[nH]c2ccccc12.O=C(O)CC(O)(CC(=O)O)C(=O)O. The summed E-state index contributed by atoms with van der Waals surface area (Å²) in [7, 11) is 4.52. The summed E-state index contributed by atoms with van der Waals surface area (Å²) in [5, 5.41) is 35.2. The van der Waals surface area contributed by atoms with Gasteiger partial charge in [0, 0.05) is 22.1 Å². The van der Waals surface area contributed by atoms with Gasteiger partial charge in [-0.05, 0) is 76.2 Å². The zero-order chi connectivity index (χ0) is 28.8. The highest BCUT2D eigenvalue weighted by Gasteiger charge is 2.41. The van der Waals surface area contributed by atoms with E-state index in [4.69, 9.17) is 20.4 Å². The van der Waals surface area contributed by atoms with Crippen molar-refractivity contribution in [3.63, 3.8) is 0 Å². The molecule has 1 aromatic heterocycles. The van der Waals surface area contributed by atoms with Crippen LogP contribution in [-0.4, -0.2) is 73.5 Å². The molecule has 0 unspecified atom stereocenters. The molecule has 1 fully saturated rings. The van der Waals surface area contributed by atoms with Gasteiger partial charge in [0.15, 0.2) is 5.60 Å². The van der Waals surface area contributed by atoms with Crippen LogP contribution in [-0.2, 0) is 20.8 Å². The number of hydrogen-bond acceptors (Lipinski definition) is 5. The normalized spacial score (nSPS) is 19.4. The fourth-order valence-corrected chi connectivity index (χ4v) is 5.63. The number of aromatic amines is 1. The molecule has 2 aromatic carbocycles. The van der Waals surface area contributed by atoms with Crippen molar-refractivity contribution in [2.75, 3.05) is 14.1 Å². The van der Waals surface area contributed by atoms with Crippen LogP contribution in [0, 0.1) is 6.92 Å². The first-order valence-electron chi connectivity index (χ1n) is 13.0. The Hall–Kier alpha value is -3.69. The fraction of sp³-hybridized carbons (Fsp3) is 0.433. The summed E-state index contributed by atoms with van der Waals surface area (Å²) in [6.45, 7) is 2.28. The van der Waals surface area contributed by atoms with Crippen molar-refractivity contribution in [3.8, 4) is 0 Å². The van der Waals surface area contributed by atoms with Gasteiger partial charge in [-0.2, -0.15) is 0 Å². The molecule has 3 aromatic rings. The highest BCUT2D eigenvalue weighted by molar-refractivity contribution is 5.88. The molecule has 4 rings (SSSR count). The third-order valence-electron chi connectivity index (χ3n) is 7.94. The minimum absolute atomic E-state index is 0.289. The number of hydrogen-bond donors (Lipinski definition) is 5. The lowest BCUT2D eigenvalue weighted by Gasteiger charge is -2.45. The molecule has 0 atom stereocenters. The van der Waals surface area contributed by atoms with E-state index < -0.39 is 36.4 Å². The predicted molar refractivity (Wildman–Crippen MR) is 148 cm³/mol. The number of benzene rings is 2. The Kier molecular flexibility index (Phi) is 9.53. The van der Waals surface area contributed by atoms with Gasteiger partial charge in [-0.1, -0.05) is 48.5 Å². The van der Waals surface area contributed by atoms with Gasteiger partial charge in [-0.3, -0.25) is 9.59 Å². The summed E-state index contributed by atoms with van der Waals surface area (Å²) >= 11 is 0. The number of carboxylic acid groups (broad SMARTS) is 3. The number of H-pyrrole nitrogens is 1. The molecule has 0 radical (unpaired) electrons. The average molecular weight is 539 g/mol. The van der Waals surface area contributed by atoms with Crippen LogP contribution in [0.5, 0.6) is 0 Å². The number of nitrogens with zero attached hydrogens (tertiary/aromatic N) is 1. The van der Waals surface area contributed by atoms with Gasteiger partial charge in [-0.15, -0.1) is 0 Å². The van der Waals surface area contributed by atoms with Gasteiger partial charge in [0.05, 0.1) is 12.8 Å². The Bertz CT molecular complexity index is 1280. The van der Waals surface area contributed by atoms with Crippen molar-refractivity contribution in [1.29, 1.82) is 0 Å². The monoisotopic (exact) mass is 538 g/mol. The topological polar surface area (TPSA) is 151 Å². The number of rotatable bonds is 9. The zero-order valence-corrected chi connectivity index (χ0v) is 22.7. The Morgan fingerprint density at radius 2 is 1.46 bits per heavy atom. The van der Waals surface area contributed by atoms with E-state index in [1.165, 1.54) is 53.4 Å². The smallest absolute Gasteiger partial charge is 0.336 e. The lowest BCUT2D eigenvalue weighted by molar-refractivity contribution is -0.170. The molecule has 5 N–H and O–H groups in total. The molecule has 0 saturated heterocycles. The quantitative estimate of drug-likeness (QED) is 0.268. The van der Waals surface area contributed by atoms with Crippen LogP contribution in [0.3, 0.4) is 0 Å². The maximum Gasteiger partial charge on any atom is 0.336 e. The largest absolute Gasteiger partial charge is 0.481 e. The standard InChI is InChI=1S/C24H30N2.C6H8O7/c1-18-21-11-7-8-12-22(21)25-23(18)20-13-15-24(16-14-20,26(2)3)17-19-9-5-4-6-10-19;7-3(8)1-6(13,5(11)12)2-4(9)10/h4-12,20,25H,13-17H2,1-3H3;13H,1-2H2,(H,7,8)(H,9,10)(H,11,12). The van der Waals surface area contributed by atoms with Crippen LogP contribution in [0.4, 0.5) is 0 Å². The van der Waals surface area contributed by atoms with E-state index in [1.807, 2.05) is 0 Å². The molecule has 1 aliphatic rings. The van der Waals surface area contributed by atoms with E-state index in [-0.39, 0.29) is 5.54 Å². The van der Waals surface area contributed by atoms with Crippen molar-refractivity contribution >= 4 is 28.8 Å². The predicted octanol–water partition coefficient (Wildman–Crippen LogP) is 4.43. The van der Waals surface area contributed by atoms with Gasteiger partial charge in [0.2, 0.25) is 0 Å². The number of carboxylic acids is 3. The number of para-hydroxylation sites is 1. The number of aryl methyl sites for hydroxylation is 1. The van der Waals surface area contributed by atoms with Crippen LogP contribution in [0.1, 0.15) is 61.3 Å². The van der Waals surface area contributed by atoms with Gasteiger partial charge >= 0.3 is 17.9 Å². The molecule has 1 heterocycles. The van der Waals surface area contributed by atoms with Gasteiger partial charge in [0.1, 0.15) is 0 Å². The van der Waals surface area contributed by atoms with E-state index in [0.29, 0.717) is 5.92 Å². The van der Waals surface area contributed by atoms with E-state index in [1.54, 1.807) is 0 Å². The zero-order valence-electron chi connectivity index (χ0n) is 22.7. The lowest BCUT2D eigenvalue weighted by Crippen LogP contribution is -2.48. The number of likely N-dealkylation sites (N-methyl/N-ethyl adjacent to an activating group) is 1. The fourth-order valence-electron chi connectivity index (χ4n) is 5.63. The number of aliphatic hydroxyl groups is 1. The summed E-state index contributed by atoms with van der Waals surface area (Å²) < 4.78 is 0. The molecule has 0 aliphatic heterocycles. The summed E-state index contributed by atoms with van der Waals surface area (Å²) in [6, 6.07) is 19.7. The Labute approximate surface area is 228 Å². The third-order valence-corrected chi connectivity index (χ3v) is 7.94. The number of aromatic nitrogens is 1. The minimum atomic E-state index is -2.74. The van der Waals surface area contributed by atoms with Gasteiger partial charge < -0.3 is 30.3 Å². The highest BCUT2D eigenvalue weighted by Crippen LogP contribution is 2.43. The molecule has 9 heteroatoms. The molecular weight excluding hydrogens is 500 g/mol. The Morgan fingerprint density at radius 1 is 0.923 bits per heavy atom. The van der Waals surface area contributed by atoms with E-state index in [2.05, 4.69) is 85.5 Å². The van der Waals surface area contributed by atoms with Crippen LogP contribution in [0.2, 0.25) is 0 Å². The molecular formula is C30H38N2O7. The van der Waals surface area contributed by atoms with E-state index in [0.717, 1.165) is 6.42 Å². The molecule has 210 valence electrons. The Morgan fingerprint density at radius 3 is 1.95 bits per heavy atom. The summed E-state index contributed by atoms with van der Waals surface area (Å²) in [6.07, 6.45) is 3.91. The average Bonchev–Trinajstić information content (AvgIpc) is 3.21. The van der Waals surface area contributed by atoms with Crippen molar-refractivity contribution < 1.29 is 34.8 Å². The Balaban J connectivity index is 0.000000276. The second-order valence-corrected chi connectivity index (χ2v) is 10.7. The van der Waals surface area contributed by atoms with Crippen LogP contribution in [0.25, 0.3) is 10.9 Å². The molecule has 1 saturated carbocycles. The second-order valence-electron chi connectivity index (χ2n) is 10.7. The second kappa shape index (κ2) is 12.4. The first-order valence-corrected chi connectivity index (χ1v) is 13.0. The molecule has 0 spiro atoms. The molecule has 9 nitrogen and oxygen atoms in total. The summed E-state index contributed by atoms with van der Waals surface area (Å²) in [5.74, 6) is -4.36. The molecule has 0 amide bonds. The van der Waals surface area contributed by atoms with Crippen molar-refractivity contribution in [2.24, 2.45) is 0 Å². The first kappa shape index (κ1) is 29.9. The van der Waals surface area contributed by atoms with Gasteiger partial charge in [0.25, 0.3) is 0 Å². The van der Waals surface area contributed by atoms with E-state index >= 15 is 0 Å². The van der Waals surface area contributed by atoms with Gasteiger partial charge in [-0.25, -0.2) is 4.79 Å². The van der Waals surface area contributed by atoms with Crippen LogP contribution >= 0.6 is 0 Å². The minimum Gasteiger partial charge on any atom is -0.481 e. The maximum atomic E-state index is 10.3. The van der Waals surface area contributed by atoms with Crippen molar-refractivity contribution in [3.05, 3.63) is 71.4 Å². The lowest BCUT2D eigenvalue weighted by atomic mass is 9.71. The summed E-state index contributed by atoms with van der Waals surface area (Å²) in [4.78, 5) is 36.7. The molecule has 0 bridgehead atoms. The van der Waals surface area contributed by atoms with Crippen LogP contribution < -0.4 is 0 Å². The number of nitrogens with one attached hydrogen (secondary N) is 1. The number of aliphatic carboxylic acids is 3. The van der Waals surface area contributed by atoms with Crippen LogP contribution in [0.15, 0.2) is 54.6 Å². The van der Waals surface area contributed by atoms with E-state index in [9.17, 15) is 14.4 Å². The number of carbonyl (C=O) groups is 3. The maximum absolute atomic E-state index is 10.3. The third kappa shape index (κ3) is 7.25. The van der Waals surface area contributed by atoms with Crippen molar-refractivity contribution in [1.82, 2.24) is 9.88 Å². The number of fused-ring (bicyclic) bond motifs is 1. The molecule has 39 heavy (non-hydrogen) atoms. The first-order chi connectivity index (χ1) is 18.4. The van der Waals surface area contributed by atoms with Crippen molar-refractivity contribution in [2.45, 2.75) is 68.9 Å².